The van der Waals surface area contributed by atoms with Gasteiger partial charge in [-0.1, -0.05) is 42.5 Å². The highest BCUT2D eigenvalue weighted by Crippen LogP contribution is 2.26. The Morgan fingerprint density at radius 1 is 1.00 bits per heavy atom. The molecule has 0 aliphatic carbocycles. The quantitative estimate of drug-likeness (QED) is 0.427. The molecule has 0 saturated heterocycles. The van der Waals surface area contributed by atoms with Crippen LogP contribution in [0.4, 0.5) is 0 Å². The number of benzene rings is 2. The lowest BCUT2D eigenvalue weighted by Crippen LogP contribution is -2.34. The van der Waals surface area contributed by atoms with Crippen molar-refractivity contribution < 1.29 is 9.30 Å². The van der Waals surface area contributed by atoms with Crippen LogP contribution in [0.25, 0.3) is 33.5 Å². The van der Waals surface area contributed by atoms with Crippen molar-refractivity contribution in [1.82, 2.24) is 9.97 Å². The zero-order valence-electron chi connectivity index (χ0n) is 16.3. The third-order valence-electron chi connectivity index (χ3n) is 5.06. The van der Waals surface area contributed by atoms with Gasteiger partial charge in [0.1, 0.15) is 16.9 Å². The first kappa shape index (κ1) is 17.8. The van der Waals surface area contributed by atoms with Gasteiger partial charge < -0.3 is 9.72 Å². The fraction of sp³-hybridized carbons (Fsp3) is 0.167. The molecule has 2 heterocycles. The molecule has 1 N–H and O–H groups in total. The van der Waals surface area contributed by atoms with Gasteiger partial charge in [0.15, 0.2) is 6.20 Å². The second kappa shape index (κ2) is 7.21. The number of pyridine rings is 1. The monoisotopic (exact) mass is 368 g/mol. The van der Waals surface area contributed by atoms with Crippen molar-refractivity contribution in [3.05, 3.63) is 65.9 Å². The van der Waals surface area contributed by atoms with Gasteiger partial charge in [-0.05, 0) is 42.0 Å². The molecule has 0 amide bonds. The largest absolute Gasteiger partial charge is 0.448 e. The first-order chi connectivity index (χ1) is 13.6. The molecular weight excluding hydrogens is 346 g/mol. The maximum absolute atomic E-state index is 5.45. The third-order valence-corrected chi connectivity index (χ3v) is 5.06. The molecule has 0 radical (unpaired) electrons. The zero-order valence-corrected chi connectivity index (χ0v) is 16.3. The number of aromatic nitrogens is 3. The molecule has 28 heavy (non-hydrogen) atoms. The smallest absolute Gasteiger partial charge is 0.370 e. The summed E-state index contributed by atoms with van der Waals surface area (Å²) in [6.45, 7) is 4.71. The number of rotatable bonds is 4. The lowest BCUT2D eigenvalue weighted by molar-refractivity contribution is -0.688. The van der Waals surface area contributed by atoms with Crippen molar-refractivity contribution in [2.45, 2.75) is 20.4 Å². The van der Waals surface area contributed by atoms with E-state index in [1.54, 1.807) is 7.11 Å². The SMILES string of the molecule is C#CC[n+]1cc2[nH]c(-c3ccc(-c4ccc(C)c(C)c4)cc3)nc2cc1OC. The van der Waals surface area contributed by atoms with Gasteiger partial charge in [0.25, 0.3) is 0 Å². The molecule has 0 unspecified atom stereocenters. The molecule has 2 aromatic heterocycles. The summed E-state index contributed by atoms with van der Waals surface area (Å²) in [6, 6.07) is 16.9. The fourth-order valence-corrected chi connectivity index (χ4v) is 3.30. The van der Waals surface area contributed by atoms with Crippen LogP contribution in [0.2, 0.25) is 0 Å². The van der Waals surface area contributed by atoms with Gasteiger partial charge in [0.05, 0.1) is 13.2 Å². The Morgan fingerprint density at radius 2 is 1.71 bits per heavy atom. The minimum Gasteiger partial charge on any atom is -0.448 e. The van der Waals surface area contributed by atoms with Gasteiger partial charge in [-0.15, -0.1) is 6.42 Å². The topological polar surface area (TPSA) is 41.8 Å². The zero-order chi connectivity index (χ0) is 19.7. The van der Waals surface area contributed by atoms with Crippen molar-refractivity contribution >= 4 is 11.0 Å². The van der Waals surface area contributed by atoms with E-state index in [1.807, 2.05) is 16.8 Å². The first-order valence-electron chi connectivity index (χ1n) is 9.18. The number of nitrogens with zero attached hydrogens (tertiary/aromatic N) is 2. The summed E-state index contributed by atoms with van der Waals surface area (Å²) in [6.07, 6.45) is 7.39. The van der Waals surface area contributed by atoms with Crippen LogP contribution in [-0.2, 0) is 6.54 Å². The second-order valence-corrected chi connectivity index (χ2v) is 6.91. The van der Waals surface area contributed by atoms with E-state index in [4.69, 9.17) is 16.1 Å². The Balaban J connectivity index is 1.69. The standard InChI is InChI=1S/C24H21N3O/c1-5-12-27-15-22-21(14-23(27)28-4)25-24(26-22)19-10-8-18(9-11-19)20-7-6-16(2)17(3)13-20/h1,6-11,13-15H,12H2,2-4H3/p+1. The van der Waals surface area contributed by atoms with E-state index in [2.05, 4.69) is 67.2 Å². The summed E-state index contributed by atoms with van der Waals surface area (Å²) in [5.74, 6) is 4.15. The van der Waals surface area contributed by atoms with E-state index in [9.17, 15) is 0 Å². The third kappa shape index (κ3) is 3.23. The Morgan fingerprint density at radius 3 is 2.39 bits per heavy atom. The van der Waals surface area contributed by atoms with Crippen LogP contribution in [0, 0.1) is 26.2 Å². The van der Waals surface area contributed by atoms with Gasteiger partial charge in [-0.25, -0.2) is 4.98 Å². The van der Waals surface area contributed by atoms with Crippen molar-refractivity contribution in [3.8, 4) is 40.7 Å². The molecular formula is C24H22N3O+. The number of nitrogens with one attached hydrogen (secondary N) is 1. The minimum atomic E-state index is 0.443. The van der Waals surface area contributed by atoms with E-state index in [-0.39, 0.29) is 0 Å². The van der Waals surface area contributed by atoms with Crippen molar-refractivity contribution in [3.63, 3.8) is 0 Å². The van der Waals surface area contributed by atoms with E-state index < -0.39 is 0 Å². The van der Waals surface area contributed by atoms with Gasteiger partial charge in [0, 0.05) is 5.56 Å². The predicted octanol–water partition coefficient (Wildman–Crippen LogP) is 4.44. The Kier molecular flexibility index (Phi) is 4.58. The molecule has 0 fully saturated rings. The van der Waals surface area contributed by atoms with Crippen molar-refractivity contribution in [2.24, 2.45) is 0 Å². The lowest BCUT2D eigenvalue weighted by Gasteiger charge is -2.06. The van der Waals surface area contributed by atoms with Crippen LogP contribution in [0.3, 0.4) is 0 Å². The Hall–Kier alpha value is -3.58. The highest BCUT2D eigenvalue weighted by atomic mass is 16.5. The van der Waals surface area contributed by atoms with E-state index >= 15 is 0 Å². The molecule has 2 aromatic carbocycles. The van der Waals surface area contributed by atoms with Crippen molar-refractivity contribution in [1.29, 1.82) is 0 Å². The number of terminal acetylenes is 1. The molecule has 0 bridgehead atoms. The average molecular weight is 368 g/mol. The predicted molar refractivity (Wildman–Crippen MR) is 112 cm³/mol. The lowest BCUT2D eigenvalue weighted by atomic mass is 9.99. The molecule has 0 aliphatic heterocycles. The highest BCUT2D eigenvalue weighted by Gasteiger charge is 2.16. The maximum Gasteiger partial charge on any atom is 0.370 e. The number of hydrogen-bond donors (Lipinski definition) is 1. The van der Waals surface area contributed by atoms with Crippen LogP contribution in [0.15, 0.2) is 54.7 Å². The number of aromatic amines is 1. The number of fused-ring (bicyclic) bond motifs is 1. The van der Waals surface area contributed by atoms with E-state index in [1.165, 1.54) is 22.3 Å². The van der Waals surface area contributed by atoms with E-state index in [0.717, 1.165) is 22.4 Å². The second-order valence-electron chi connectivity index (χ2n) is 6.91. The number of methoxy groups -OCH3 is 1. The minimum absolute atomic E-state index is 0.443. The summed E-state index contributed by atoms with van der Waals surface area (Å²) in [5.41, 5.74) is 7.82. The van der Waals surface area contributed by atoms with Crippen LogP contribution < -0.4 is 9.30 Å². The first-order valence-corrected chi connectivity index (χ1v) is 9.18. The van der Waals surface area contributed by atoms with Gasteiger partial charge in [-0.3, -0.25) is 0 Å². The molecule has 0 saturated carbocycles. The van der Waals surface area contributed by atoms with Crippen LogP contribution >= 0.6 is 0 Å². The van der Waals surface area contributed by atoms with Crippen LogP contribution in [0.5, 0.6) is 5.88 Å². The normalized spacial score (nSPS) is 10.8. The summed E-state index contributed by atoms with van der Waals surface area (Å²) in [5, 5.41) is 0. The molecule has 0 atom stereocenters. The van der Waals surface area contributed by atoms with E-state index in [0.29, 0.717) is 12.4 Å². The molecule has 0 aliphatic rings. The molecule has 138 valence electrons. The number of ether oxygens (including phenoxy) is 1. The van der Waals surface area contributed by atoms with Crippen LogP contribution in [-0.4, -0.2) is 17.1 Å². The van der Waals surface area contributed by atoms with Crippen molar-refractivity contribution in [2.75, 3.05) is 7.11 Å². The number of hydrogen-bond acceptors (Lipinski definition) is 2. The average Bonchev–Trinajstić information content (AvgIpc) is 3.12. The van der Waals surface area contributed by atoms with Crippen LogP contribution in [0.1, 0.15) is 11.1 Å². The number of H-pyrrole nitrogens is 1. The summed E-state index contributed by atoms with van der Waals surface area (Å²) in [7, 11) is 1.63. The highest BCUT2D eigenvalue weighted by molar-refractivity contribution is 5.79. The molecule has 4 rings (SSSR count). The fourth-order valence-electron chi connectivity index (χ4n) is 3.30. The number of imidazole rings is 1. The Bertz CT molecular complexity index is 1200. The molecule has 4 aromatic rings. The summed E-state index contributed by atoms with van der Waals surface area (Å²) >= 11 is 0. The number of aryl methyl sites for hydroxylation is 2. The molecule has 4 nitrogen and oxygen atoms in total. The molecule has 4 heteroatoms. The Labute approximate surface area is 164 Å². The maximum atomic E-state index is 5.45. The van der Waals surface area contributed by atoms with Gasteiger partial charge in [0.2, 0.25) is 6.54 Å². The van der Waals surface area contributed by atoms with Gasteiger partial charge in [-0.2, -0.15) is 4.57 Å². The van der Waals surface area contributed by atoms with Gasteiger partial charge >= 0.3 is 5.88 Å². The summed E-state index contributed by atoms with van der Waals surface area (Å²) < 4.78 is 7.30. The summed E-state index contributed by atoms with van der Waals surface area (Å²) in [4.78, 5) is 8.10. The molecule has 0 spiro atoms.